The first-order valence-corrected chi connectivity index (χ1v) is 6.30. The first-order valence-electron chi connectivity index (χ1n) is 6.30. The van der Waals surface area contributed by atoms with Crippen molar-refractivity contribution in [2.75, 3.05) is 0 Å². The number of rotatable bonds is 3. The van der Waals surface area contributed by atoms with Crippen LogP contribution in [0.5, 0.6) is 0 Å². The zero-order valence-electron chi connectivity index (χ0n) is 10.9. The van der Waals surface area contributed by atoms with Crippen LogP contribution in [0.4, 0.5) is 0 Å². The van der Waals surface area contributed by atoms with Gasteiger partial charge >= 0.3 is 0 Å². The molecule has 0 radical (unpaired) electrons. The normalized spacial score (nSPS) is 26.1. The molecule has 0 aromatic heterocycles. The van der Waals surface area contributed by atoms with E-state index in [0.717, 1.165) is 12.8 Å². The molecule has 3 atom stereocenters. The van der Waals surface area contributed by atoms with Gasteiger partial charge in [-0.15, -0.1) is 0 Å². The molecule has 1 aliphatic heterocycles. The summed E-state index contributed by atoms with van der Waals surface area (Å²) >= 11 is 0. The number of ether oxygens (including phenoxy) is 1. The molecule has 3 nitrogen and oxygen atoms in total. The topological polar surface area (TPSA) is 47.3 Å². The molecule has 3 unspecified atom stereocenters. The molecule has 0 saturated carbocycles. The summed E-state index contributed by atoms with van der Waals surface area (Å²) in [6.07, 6.45) is 2.73. The van der Waals surface area contributed by atoms with Gasteiger partial charge in [0.1, 0.15) is 0 Å². The molecule has 17 heavy (non-hydrogen) atoms. The van der Waals surface area contributed by atoms with Gasteiger partial charge in [0, 0.05) is 0 Å². The summed E-state index contributed by atoms with van der Waals surface area (Å²) in [6.45, 7) is 6.36. The highest BCUT2D eigenvalue weighted by Crippen LogP contribution is 2.31. The molecule has 1 aliphatic rings. The molecule has 2 rings (SSSR count). The lowest BCUT2D eigenvalue weighted by atomic mass is 9.94. The molecule has 94 valence electrons. The third kappa shape index (κ3) is 2.68. The van der Waals surface area contributed by atoms with Gasteiger partial charge in [0.15, 0.2) is 0 Å². The Morgan fingerprint density at radius 1 is 1.35 bits per heavy atom. The van der Waals surface area contributed by atoms with Crippen LogP contribution in [-0.2, 0) is 4.74 Å². The predicted octanol–water partition coefficient (Wildman–Crippen LogP) is 2.38. The van der Waals surface area contributed by atoms with Gasteiger partial charge in [0.05, 0.1) is 18.2 Å². The van der Waals surface area contributed by atoms with Crippen LogP contribution in [0, 0.1) is 13.8 Å². The summed E-state index contributed by atoms with van der Waals surface area (Å²) in [4.78, 5) is 0. The van der Waals surface area contributed by atoms with Gasteiger partial charge in [0.25, 0.3) is 0 Å². The fourth-order valence-corrected chi connectivity index (χ4v) is 2.65. The van der Waals surface area contributed by atoms with Crippen molar-refractivity contribution in [2.24, 2.45) is 5.84 Å². The zero-order valence-corrected chi connectivity index (χ0v) is 10.9. The summed E-state index contributed by atoms with van der Waals surface area (Å²) in [6, 6.07) is 6.57. The number of nitrogens with one attached hydrogen (secondary N) is 1. The van der Waals surface area contributed by atoms with Crippen LogP contribution >= 0.6 is 0 Å². The van der Waals surface area contributed by atoms with Crippen molar-refractivity contribution in [2.45, 2.75) is 51.9 Å². The largest absolute Gasteiger partial charge is 0.373 e. The number of hydrogen-bond donors (Lipinski definition) is 2. The minimum absolute atomic E-state index is 0.0977. The average Bonchev–Trinajstić information content (AvgIpc) is 2.69. The van der Waals surface area contributed by atoms with E-state index in [1.807, 2.05) is 0 Å². The Morgan fingerprint density at radius 3 is 2.65 bits per heavy atom. The molecular formula is C14H22N2O. The molecule has 1 heterocycles. The maximum atomic E-state index is 5.91. The van der Waals surface area contributed by atoms with Crippen LogP contribution in [-0.4, -0.2) is 12.2 Å². The van der Waals surface area contributed by atoms with Gasteiger partial charge in [0.2, 0.25) is 0 Å². The van der Waals surface area contributed by atoms with E-state index >= 15 is 0 Å². The fourth-order valence-electron chi connectivity index (χ4n) is 2.65. The van der Waals surface area contributed by atoms with Crippen LogP contribution in [0.15, 0.2) is 18.2 Å². The van der Waals surface area contributed by atoms with Crippen LogP contribution in [0.3, 0.4) is 0 Å². The van der Waals surface area contributed by atoms with Gasteiger partial charge in [-0.2, -0.15) is 0 Å². The Kier molecular flexibility index (Phi) is 3.82. The number of aryl methyl sites for hydroxylation is 2. The Hall–Kier alpha value is -0.900. The summed E-state index contributed by atoms with van der Waals surface area (Å²) in [5.74, 6) is 5.71. The number of hydrazine groups is 1. The molecule has 0 amide bonds. The van der Waals surface area contributed by atoms with Gasteiger partial charge in [-0.25, -0.2) is 0 Å². The predicted molar refractivity (Wildman–Crippen MR) is 69.5 cm³/mol. The van der Waals surface area contributed by atoms with Gasteiger partial charge in [-0.3, -0.25) is 11.3 Å². The van der Waals surface area contributed by atoms with Gasteiger partial charge in [-0.05, 0) is 44.7 Å². The lowest BCUT2D eigenvalue weighted by Crippen LogP contribution is -2.37. The quantitative estimate of drug-likeness (QED) is 0.623. The van der Waals surface area contributed by atoms with Crippen LogP contribution in [0.1, 0.15) is 42.5 Å². The van der Waals surface area contributed by atoms with E-state index in [0.29, 0.717) is 6.10 Å². The van der Waals surface area contributed by atoms with Crippen molar-refractivity contribution in [1.82, 2.24) is 5.43 Å². The maximum Gasteiger partial charge on any atom is 0.0787 e. The molecule has 3 N–H and O–H groups in total. The first kappa shape index (κ1) is 12.6. The van der Waals surface area contributed by atoms with Crippen LogP contribution in [0.25, 0.3) is 0 Å². The van der Waals surface area contributed by atoms with E-state index in [1.54, 1.807) is 0 Å². The summed E-state index contributed by atoms with van der Waals surface area (Å²) in [7, 11) is 0. The Labute approximate surface area is 103 Å². The highest BCUT2D eigenvalue weighted by atomic mass is 16.5. The van der Waals surface area contributed by atoms with E-state index < -0.39 is 0 Å². The van der Waals surface area contributed by atoms with E-state index in [9.17, 15) is 0 Å². The van der Waals surface area contributed by atoms with Crippen molar-refractivity contribution in [3.05, 3.63) is 34.9 Å². The Morgan fingerprint density at radius 2 is 2.12 bits per heavy atom. The molecular weight excluding hydrogens is 212 g/mol. The highest BCUT2D eigenvalue weighted by molar-refractivity contribution is 5.33. The Balaban J connectivity index is 2.23. The molecule has 1 aromatic rings. The van der Waals surface area contributed by atoms with Crippen molar-refractivity contribution >= 4 is 0 Å². The average molecular weight is 234 g/mol. The third-order valence-electron chi connectivity index (χ3n) is 3.58. The van der Waals surface area contributed by atoms with E-state index in [1.165, 1.54) is 16.7 Å². The summed E-state index contributed by atoms with van der Waals surface area (Å²) < 4.78 is 5.91. The molecule has 1 saturated heterocycles. The third-order valence-corrected chi connectivity index (χ3v) is 3.58. The van der Waals surface area contributed by atoms with E-state index in [2.05, 4.69) is 44.4 Å². The smallest absolute Gasteiger partial charge is 0.0787 e. The number of benzene rings is 1. The molecule has 0 spiro atoms. The minimum Gasteiger partial charge on any atom is -0.373 e. The number of hydrogen-bond acceptors (Lipinski definition) is 3. The fraction of sp³-hybridized carbons (Fsp3) is 0.571. The van der Waals surface area contributed by atoms with E-state index in [-0.39, 0.29) is 12.1 Å². The maximum absolute atomic E-state index is 5.91. The molecule has 3 heteroatoms. The highest BCUT2D eigenvalue weighted by Gasteiger charge is 2.30. The minimum atomic E-state index is 0.0977. The zero-order chi connectivity index (χ0) is 12.4. The van der Waals surface area contributed by atoms with Crippen LogP contribution < -0.4 is 11.3 Å². The lowest BCUT2D eigenvalue weighted by Gasteiger charge is -2.25. The van der Waals surface area contributed by atoms with E-state index in [4.69, 9.17) is 10.6 Å². The summed E-state index contributed by atoms with van der Waals surface area (Å²) in [5, 5.41) is 0. The van der Waals surface area contributed by atoms with Crippen molar-refractivity contribution in [1.29, 1.82) is 0 Å². The van der Waals surface area contributed by atoms with Gasteiger partial charge in [-0.1, -0.05) is 23.8 Å². The molecule has 0 bridgehead atoms. The van der Waals surface area contributed by atoms with Crippen molar-refractivity contribution in [3.63, 3.8) is 0 Å². The summed E-state index contributed by atoms with van der Waals surface area (Å²) in [5.41, 5.74) is 6.72. The second-order valence-corrected chi connectivity index (χ2v) is 5.07. The molecule has 1 fully saturated rings. The second-order valence-electron chi connectivity index (χ2n) is 5.07. The van der Waals surface area contributed by atoms with Gasteiger partial charge < -0.3 is 4.74 Å². The SMILES string of the molecule is Cc1ccc(C(NN)C2CCC(C)O2)c(C)c1. The standard InChI is InChI=1S/C14H22N2O/c1-9-4-6-12(10(2)8-9)14(16-15)13-7-5-11(3)17-13/h4,6,8,11,13-14,16H,5,7,15H2,1-3H3. The molecule has 0 aliphatic carbocycles. The Bertz CT molecular complexity index is 392. The second kappa shape index (κ2) is 5.17. The molecule has 1 aromatic carbocycles. The number of nitrogens with two attached hydrogens (primary N) is 1. The lowest BCUT2D eigenvalue weighted by molar-refractivity contribution is 0.0314. The van der Waals surface area contributed by atoms with Crippen molar-refractivity contribution < 1.29 is 4.74 Å². The van der Waals surface area contributed by atoms with Crippen molar-refractivity contribution in [3.8, 4) is 0 Å². The monoisotopic (exact) mass is 234 g/mol. The first-order chi connectivity index (χ1) is 8.11. The van der Waals surface area contributed by atoms with Crippen LogP contribution in [0.2, 0.25) is 0 Å².